The van der Waals surface area contributed by atoms with Crippen LogP contribution in [0.5, 0.6) is 11.5 Å². The molecule has 4 rings (SSSR count). The Hall–Kier alpha value is -3.73. The zero-order valence-electron chi connectivity index (χ0n) is 18.4. The molecule has 34 heavy (non-hydrogen) atoms. The summed E-state index contributed by atoms with van der Waals surface area (Å²) in [6, 6.07) is 13.1. The van der Waals surface area contributed by atoms with Crippen molar-refractivity contribution in [1.29, 1.82) is 0 Å². The summed E-state index contributed by atoms with van der Waals surface area (Å²) in [6.07, 6.45) is -0.923. The van der Waals surface area contributed by atoms with E-state index in [1.165, 1.54) is 6.92 Å². The van der Waals surface area contributed by atoms with Gasteiger partial charge in [0, 0.05) is 6.92 Å². The zero-order chi connectivity index (χ0) is 24.2. The van der Waals surface area contributed by atoms with Crippen molar-refractivity contribution in [3.63, 3.8) is 0 Å². The fraction of sp³-hybridized carbons (Fsp3) is 0.217. The molecule has 2 aromatic heterocycles. The molecule has 0 fully saturated rings. The summed E-state index contributed by atoms with van der Waals surface area (Å²) >= 11 is 3.38. The third-order valence-electron chi connectivity index (χ3n) is 4.94. The van der Waals surface area contributed by atoms with E-state index in [-0.39, 0.29) is 30.6 Å². The molecule has 2 aromatic carbocycles. The number of nitrogen functional groups attached to an aromatic ring is 1. The second-order valence-corrected chi connectivity index (χ2v) is 8.10. The summed E-state index contributed by atoms with van der Waals surface area (Å²) in [4.78, 5) is 22.7. The Morgan fingerprint density at radius 3 is 2.56 bits per heavy atom. The number of methoxy groups -OCH3 is 1. The molecule has 0 saturated carbocycles. The SMILES string of the molecule is COc1ccc(Cn2c(Br)nc3c(N)nc(F)nc32)cc1OCc1cccc(COC(C)=O)c1. The molecule has 176 valence electrons. The molecule has 9 nitrogen and oxygen atoms in total. The van der Waals surface area contributed by atoms with Crippen molar-refractivity contribution in [3.05, 3.63) is 70.0 Å². The number of nitrogens with two attached hydrogens (primary N) is 1. The molecule has 4 aromatic rings. The molecule has 0 amide bonds. The van der Waals surface area contributed by atoms with Gasteiger partial charge in [-0.1, -0.05) is 24.3 Å². The number of aromatic nitrogens is 4. The third kappa shape index (κ3) is 5.25. The van der Waals surface area contributed by atoms with Gasteiger partial charge in [0.2, 0.25) is 0 Å². The summed E-state index contributed by atoms with van der Waals surface area (Å²) in [5, 5.41) is 0. The highest BCUT2D eigenvalue weighted by atomic mass is 79.9. The number of nitrogens with zero attached hydrogens (tertiary/aromatic N) is 4. The van der Waals surface area contributed by atoms with Crippen LogP contribution in [0.25, 0.3) is 11.2 Å². The molecular formula is C23H21BrFN5O4. The van der Waals surface area contributed by atoms with Crippen LogP contribution in [0, 0.1) is 6.08 Å². The quantitative estimate of drug-likeness (QED) is 0.207. The fourth-order valence-electron chi connectivity index (χ4n) is 3.38. The van der Waals surface area contributed by atoms with Crippen molar-refractivity contribution in [2.45, 2.75) is 26.7 Å². The van der Waals surface area contributed by atoms with Crippen molar-refractivity contribution in [3.8, 4) is 11.5 Å². The maximum atomic E-state index is 13.7. The van der Waals surface area contributed by atoms with Crippen LogP contribution in [0.4, 0.5) is 10.2 Å². The first-order valence-electron chi connectivity index (χ1n) is 10.2. The summed E-state index contributed by atoms with van der Waals surface area (Å²) in [5.74, 6) is 0.729. The first kappa shape index (κ1) is 23.4. The summed E-state index contributed by atoms with van der Waals surface area (Å²) < 4.78 is 32.4. The Morgan fingerprint density at radius 1 is 1.06 bits per heavy atom. The molecule has 0 aliphatic rings. The Balaban J connectivity index is 1.55. The minimum absolute atomic E-state index is 0.0309. The molecule has 11 heteroatoms. The first-order valence-corrected chi connectivity index (χ1v) is 11.0. The number of hydrogen-bond donors (Lipinski definition) is 1. The topological polar surface area (TPSA) is 114 Å². The van der Waals surface area contributed by atoms with Gasteiger partial charge in [-0.25, -0.2) is 4.98 Å². The molecule has 0 unspecified atom stereocenters. The monoisotopic (exact) mass is 529 g/mol. The third-order valence-corrected chi connectivity index (χ3v) is 5.55. The summed E-state index contributed by atoms with van der Waals surface area (Å²) in [7, 11) is 1.56. The number of imidazole rings is 1. The van der Waals surface area contributed by atoms with Crippen molar-refractivity contribution >= 4 is 38.9 Å². The highest BCUT2D eigenvalue weighted by Gasteiger charge is 2.16. The number of benzene rings is 2. The van der Waals surface area contributed by atoms with Crippen LogP contribution >= 0.6 is 15.9 Å². The maximum Gasteiger partial charge on any atom is 0.312 e. The van der Waals surface area contributed by atoms with Gasteiger partial charge in [0.1, 0.15) is 13.2 Å². The van der Waals surface area contributed by atoms with E-state index >= 15 is 0 Å². The second-order valence-electron chi connectivity index (χ2n) is 7.39. The first-order chi connectivity index (χ1) is 16.3. The number of hydrogen-bond acceptors (Lipinski definition) is 8. The average molecular weight is 530 g/mol. The molecule has 0 atom stereocenters. The molecule has 0 spiro atoms. The van der Waals surface area contributed by atoms with Crippen molar-refractivity contribution in [2.75, 3.05) is 12.8 Å². The lowest BCUT2D eigenvalue weighted by molar-refractivity contribution is -0.142. The van der Waals surface area contributed by atoms with Crippen LogP contribution in [-0.4, -0.2) is 32.6 Å². The number of fused-ring (bicyclic) bond motifs is 1. The van der Waals surface area contributed by atoms with Crippen LogP contribution in [0.1, 0.15) is 23.6 Å². The number of carbonyl (C=O) groups excluding carboxylic acids is 1. The number of rotatable bonds is 8. The van der Waals surface area contributed by atoms with E-state index < -0.39 is 6.08 Å². The highest BCUT2D eigenvalue weighted by Crippen LogP contribution is 2.31. The fourth-order valence-corrected chi connectivity index (χ4v) is 3.85. The van der Waals surface area contributed by atoms with E-state index in [2.05, 4.69) is 30.9 Å². The van der Waals surface area contributed by atoms with Crippen molar-refractivity contribution in [1.82, 2.24) is 19.5 Å². The standard InChI is InChI=1S/C23H21BrFN5O4/c1-13(31)33-11-15-4-3-5-16(8-15)12-34-18-9-14(6-7-17(18)32-2)10-30-21-19(27-22(30)24)20(26)28-23(25)29-21/h3-9H,10-12H2,1-2H3,(H2,26,28,29). The van der Waals surface area contributed by atoms with Crippen LogP contribution in [0.15, 0.2) is 47.2 Å². The largest absolute Gasteiger partial charge is 0.493 e. The number of anilines is 1. The smallest absolute Gasteiger partial charge is 0.312 e. The van der Waals surface area contributed by atoms with Gasteiger partial charge in [-0.05, 0) is 50.8 Å². The van der Waals surface area contributed by atoms with E-state index in [1.54, 1.807) is 17.7 Å². The van der Waals surface area contributed by atoms with Gasteiger partial charge in [-0.15, -0.1) is 0 Å². The van der Waals surface area contributed by atoms with Gasteiger partial charge in [0.25, 0.3) is 0 Å². The van der Waals surface area contributed by atoms with Crippen LogP contribution in [0.3, 0.4) is 0 Å². The molecule has 0 aliphatic carbocycles. The van der Waals surface area contributed by atoms with Gasteiger partial charge in [0.05, 0.1) is 13.7 Å². The summed E-state index contributed by atoms with van der Waals surface area (Å²) in [5.41, 5.74) is 8.99. The van der Waals surface area contributed by atoms with Crippen molar-refractivity contribution < 1.29 is 23.4 Å². The van der Waals surface area contributed by atoms with E-state index in [4.69, 9.17) is 19.9 Å². The van der Waals surface area contributed by atoms with E-state index in [1.807, 2.05) is 36.4 Å². The number of carbonyl (C=O) groups is 1. The van der Waals surface area contributed by atoms with Gasteiger partial charge in [-0.2, -0.15) is 14.4 Å². The minimum Gasteiger partial charge on any atom is -0.493 e. The molecule has 0 bridgehead atoms. The predicted octanol–water partition coefficient (Wildman–Crippen LogP) is 4.01. The lowest BCUT2D eigenvalue weighted by atomic mass is 10.1. The lowest BCUT2D eigenvalue weighted by Gasteiger charge is -2.14. The van der Waals surface area contributed by atoms with E-state index in [9.17, 15) is 9.18 Å². The summed E-state index contributed by atoms with van der Waals surface area (Å²) in [6.45, 7) is 2.17. The van der Waals surface area contributed by atoms with Crippen molar-refractivity contribution in [2.24, 2.45) is 0 Å². The van der Waals surface area contributed by atoms with E-state index in [0.29, 0.717) is 28.3 Å². The second kappa shape index (κ2) is 10.0. The van der Waals surface area contributed by atoms with Crippen LogP contribution in [-0.2, 0) is 29.3 Å². The Labute approximate surface area is 202 Å². The molecular weight excluding hydrogens is 509 g/mol. The number of esters is 1. The van der Waals surface area contributed by atoms with Crippen LogP contribution < -0.4 is 15.2 Å². The van der Waals surface area contributed by atoms with Gasteiger partial charge >= 0.3 is 12.0 Å². The van der Waals surface area contributed by atoms with E-state index in [0.717, 1.165) is 16.7 Å². The Kier molecular flexibility index (Phi) is 6.92. The van der Waals surface area contributed by atoms with Gasteiger partial charge in [-0.3, -0.25) is 9.36 Å². The Bertz CT molecular complexity index is 1360. The Morgan fingerprint density at radius 2 is 1.82 bits per heavy atom. The molecule has 0 radical (unpaired) electrons. The highest BCUT2D eigenvalue weighted by molar-refractivity contribution is 9.10. The average Bonchev–Trinajstić information content (AvgIpc) is 3.12. The molecule has 0 saturated heterocycles. The van der Waals surface area contributed by atoms with Gasteiger partial charge < -0.3 is 19.9 Å². The number of halogens is 2. The lowest BCUT2D eigenvalue weighted by Crippen LogP contribution is -2.05. The maximum absolute atomic E-state index is 13.7. The molecule has 2 heterocycles. The normalized spacial score (nSPS) is 10.9. The van der Waals surface area contributed by atoms with Crippen LogP contribution in [0.2, 0.25) is 0 Å². The molecule has 2 N–H and O–H groups in total. The molecule has 0 aliphatic heterocycles. The number of ether oxygens (including phenoxy) is 3. The zero-order valence-corrected chi connectivity index (χ0v) is 20.0. The predicted molar refractivity (Wildman–Crippen MR) is 126 cm³/mol. The minimum atomic E-state index is -0.923. The van der Waals surface area contributed by atoms with Gasteiger partial charge in [0.15, 0.2) is 33.2 Å².